The number of carboxylic acids is 1. The van der Waals surface area contributed by atoms with E-state index in [0.29, 0.717) is 23.5 Å². The van der Waals surface area contributed by atoms with Gasteiger partial charge in [-0.2, -0.15) is 0 Å². The highest BCUT2D eigenvalue weighted by Crippen LogP contribution is 2.36. The van der Waals surface area contributed by atoms with Crippen molar-refractivity contribution in [1.29, 1.82) is 0 Å². The van der Waals surface area contributed by atoms with Crippen molar-refractivity contribution in [2.24, 2.45) is 0 Å². The van der Waals surface area contributed by atoms with Crippen molar-refractivity contribution in [2.75, 3.05) is 24.6 Å². The van der Waals surface area contributed by atoms with E-state index < -0.39 is 11.6 Å². The van der Waals surface area contributed by atoms with Gasteiger partial charge in [-0.25, -0.2) is 9.59 Å². The first-order valence-electron chi connectivity index (χ1n) is 6.99. The molecule has 0 saturated heterocycles. The number of benzene rings is 1. The van der Waals surface area contributed by atoms with Gasteiger partial charge in [0.15, 0.2) is 0 Å². The monoisotopic (exact) mass is 301 g/mol. The highest BCUT2D eigenvalue weighted by Gasteiger charge is 2.20. The minimum absolute atomic E-state index is 0.354. The molecule has 0 spiro atoms. The number of aromatic carboxylic acids is 1. The summed E-state index contributed by atoms with van der Waals surface area (Å²) in [6, 6.07) is 8.14. The molecule has 22 heavy (non-hydrogen) atoms. The van der Waals surface area contributed by atoms with Gasteiger partial charge in [-0.1, -0.05) is 6.07 Å². The Hall–Kier alpha value is -2.76. The molecule has 0 amide bonds. The Labute approximate surface area is 126 Å². The Morgan fingerprint density at radius 1 is 1.32 bits per heavy atom. The second-order valence-corrected chi connectivity index (χ2v) is 4.91. The van der Waals surface area contributed by atoms with Crippen LogP contribution >= 0.6 is 0 Å². The molecule has 3 rings (SSSR count). The van der Waals surface area contributed by atoms with Gasteiger partial charge in [0.1, 0.15) is 12.4 Å². The lowest BCUT2D eigenvalue weighted by molar-refractivity contribution is 0.0658. The van der Waals surface area contributed by atoms with Crippen LogP contribution in [0.4, 0.5) is 5.69 Å². The molecule has 0 radical (unpaired) electrons. The molecule has 6 heteroatoms. The van der Waals surface area contributed by atoms with E-state index in [1.807, 2.05) is 6.07 Å². The van der Waals surface area contributed by atoms with Crippen LogP contribution in [0.1, 0.15) is 17.5 Å². The number of likely N-dealkylation sites (N-methyl/N-ethyl adjacent to an activating group) is 1. The normalized spacial score (nSPS) is 13.4. The molecule has 1 aliphatic heterocycles. The number of nitrogens with zero attached hydrogens (tertiary/aromatic N) is 1. The quantitative estimate of drug-likeness (QED) is 0.936. The molecule has 114 valence electrons. The lowest BCUT2D eigenvalue weighted by atomic mass is 10.0. The highest BCUT2D eigenvalue weighted by atomic mass is 16.5. The van der Waals surface area contributed by atoms with E-state index >= 15 is 0 Å². The third-order valence-corrected chi connectivity index (χ3v) is 3.64. The molecule has 1 N–H and O–H groups in total. The number of carbonyl (C=O) groups is 1. The zero-order valence-corrected chi connectivity index (χ0v) is 12.0. The molecule has 0 fully saturated rings. The first-order chi connectivity index (χ1) is 10.6. The van der Waals surface area contributed by atoms with Gasteiger partial charge in [-0.3, -0.25) is 0 Å². The van der Waals surface area contributed by atoms with Gasteiger partial charge in [-0.15, -0.1) is 0 Å². The van der Waals surface area contributed by atoms with Crippen molar-refractivity contribution in [2.45, 2.75) is 6.92 Å². The summed E-state index contributed by atoms with van der Waals surface area (Å²) in [4.78, 5) is 24.7. The average molecular weight is 301 g/mol. The van der Waals surface area contributed by atoms with Gasteiger partial charge < -0.3 is 19.2 Å². The maximum absolute atomic E-state index is 11.3. The lowest BCUT2D eigenvalue weighted by Gasteiger charge is -2.30. The summed E-state index contributed by atoms with van der Waals surface area (Å²) in [5.74, 6) is -0.940. The number of fused-ring (bicyclic) bond motifs is 1. The predicted octanol–water partition coefficient (Wildman–Crippen LogP) is 2.22. The fourth-order valence-corrected chi connectivity index (χ4v) is 2.58. The molecule has 1 aromatic carbocycles. The van der Waals surface area contributed by atoms with E-state index in [-0.39, 0.29) is 5.76 Å². The molecule has 1 aromatic heterocycles. The number of anilines is 1. The third-order valence-electron chi connectivity index (χ3n) is 3.64. The van der Waals surface area contributed by atoms with Crippen molar-refractivity contribution in [3.05, 3.63) is 46.5 Å². The second kappa shape index (κ2) is 5.55. The smallest absolute Gasteiger partial charge is 0.372 e. The topological polar surface area (TPSA) is 80.0 Å². The summed E-state index contributed by atoms with van der Waals surface area (Å²) < 4.78 is 10.5. The summed E-state index contributed by atoms with van der Waals surface area (Å²) in [7, 11) is 0. The molecule has 0 bridgehead atoms. The maximum atomic E-state index is 11.3. The Bertz CT molecular complexity index is 780. The number of ether oxygens (including phenoxy) is 1. The van der Waals surface area contributed by atoms with Crippen molar-refractivity contribution < 1.29 is 19.1 Å². The van der Waals surface area contributed by atoms with Gasteiger partial charge in [0.2, 0.25) is 5.76 Å². The van der Waals surface area contributed by atoms with Crippen molar-refractivity contribution in [1.82, 2.24) is 0 Å². The van der Waals surface area contributed by atoms with E-state index in [1.165, 1.54) is 12.1 Å². The van der Waals surface area contributed by atoms with E-state index in [2.05, 4.69) is 11.8 Å². The van der Waals surface area contributed by atoms with Gasteiger partial charge in [0.05, 0.1) is 12.2 Å². The highest BCUT2D eigenvalue weighted by molar-refractivity contribution is 5.93. The predicted molar refractivity (Wildman–Crippen MR) is 80.8 cm³/mol. The zero-order valence-electron chi connectivity index (χ0n) is 12.0. The Balaban J connectivity index is 2.11. The number of carboxylic acid groups (broad SMARTS) is 1. The second-order valence-electron chi connectivity index (χ2n) is 4.91. The Morgan fingerprint density at radius 3 is 2.86 bits per heavy atom. The Morgan fingerprint density at radius 2 is 2.14 bits per heavy atom. The van der Waals surface area contributed by atoms with Crippen LogP contribution in [0.25, 0.3) is 11.1 Å². The molecule has 0 atom stereocenters. The summed E-state index contributed by atoms with van der Waals surface area (Å²) in [6.07, 6.45) is 0. The molecule has 6 nitrogen and oxygen atoms in total. The summed E-state index contributed by atoms with van der Waals surface area (Å²) >= 11 is 0. The molecular formula is C16H15NO5. The third kappa shape index (κ3) is 2.43. The van der Waals surface area contributed by atoms with Gasteiger partial charge >= 0.3 is 11.6 Å². The van der Waals surface area contributed by atoms with Gasteiger partial charge in [0, 0.05) is 18.2 Å². The zero-order chi connectivity index (χ0) is 15.7. The summed E-state index contributed by atoms with van der Waals surface area (Å²) in [5.41, 5.74) is 1.28. The molecule has 1 aliphatic rings. The minimum atomic E-state index is -1.28. The standard InChI is InChI=1S/C16H15NO5/c1-2-17-7-8-21-13-9-10(3-5-12(13)17)11-4-6-14(18)22-15(11)16(19)20/h3-6,9H,2,7-8H2,1H3,(H,19,20). The van der Waals surface area contributed by atoms with Crippen LogP contribution in [-0.2, 0) is 0 Å². The van der Waals surface area contributed by atoms with E-state index in [1.54, 1.807) is 12.1 Å². The van der Waals surface area contributed by atoms with Gasteiger partial charge in [0.25, 0.3) is 0 Å². The molecule has 0 aliphatic carbocycles. The van der Waals surface area contributed by atoms with Crippen molar-refractivity contribution >= 4 is 11.7 Å². The molecule has 2 aromatic rings. The summed E-state index contributed by atoms with van der Waals surface area (Å²) in [5, 5.41) is 9.20. The molecular weight excluding hydrogens is 286 g/mol. The largest absolute Gasteiger partial charge is 0.490 e. The van der Waals surface area contributed by atoms with Gasteiger partial charge in [-0.05, 0) is 30.7 Å². The first kappa shape index (κ1) is 14.2. The number of rotatable bonds is 3. The fourth-order valence-electron chi connectivity index (χ4n) is 2.58. The average Bonchev–Trinajstić information content (AvgIpc) is 2.53. The fraction of sp³-hybridized carbons (Fsp3) is 0.250. The van der Waals surface area contributed by atoms with Crippen LogP contribution < -0.4 is 15.3 Å². The van der Waals surface area contributed by atoms with Crippen molar-refractivity contribution in [3.8, 4) is 16.9 Å². The molecule has 0 saturated carbocycles. The van der Waals surface area contributed by atoms with Crippen LogP contribution in [0.5, 0.6) is 5.75 Å². The molecule has 0 unspecified atom stereocenters. The minimum Gasteiger partial charge on any atom is -0.490 e. The first-order valence-corrected chi connectivity index (χ1v) is 6.99. The number of hydrogen-bond acceptors (Lipinski definition) is 5. The van der Waals surface area contributed by atoms with E-state index in [0.717, 1.165) is 18.8 Å². The van der Waals surface area contributed by atoms with Crippen molar-refractivity contribution in [3.63, 3.8) is 0 Å². The van der Waals surface area contributed by atoms with Crippen LogP contribution in [0.3, 0.4) is 0 Å². The lowest BCUT2D eigenvalue weighted by Crippen LogP contribution is -2.32. The SMILES string of the molecule is CCN1CCOc2cc(-c3ccc(=O)oc3C(=O)O)ccc21. The number of hydrogen-bond donors (Lipinski definition) is 1. The van der Waals surface area contributed by atoms with Crippen LogP contribution in [0, 0.1) is 0 Å². The van der Waals surface area contributed by atoms with E-state index in [4.69, 9.17) is 9.15 Å². The summed E-state index contributed by atoms with van der Waals surface area (Å²) in [6.45, 7) is 4.34. The van der Waals surface area contributed by atoms with E-state index in [9.17, 15) is 14.7 Å². The van der Waals surface area contributed by atoms with Crippen LogP contribution in [0.15, 0.2) is 39.5 Å². The Kier molecular flexibility index (Phi) is 3.58. The maximum Gasteiger partial charge on any atom is 0.372 e. The van der Waals surface area contributed by atoms with Crippen LogP contribution in [-0.4, -0.2) is 30.8 Å². The molecule has 2 heterocycles. The van der Waals surface area contributed by atoms with Crippen LogP contribution in [0.2, 0.25) is 0 Å².